The molecular formula is C19H20Cl2N4O3. The number of carbonyl (C=O) groups excluding carboxylic acids is 1. The summed E-state index contributed by atoms with van der Waals surface area (Å²) in [6, 6.07) is 11.1. The zero-order valence-electron chi connectivity index (χ0n) is 15.0. The molecule has 9 heteroatoms. The monoisotopic (exact) mass is 422 g/mol. The molecule has 1 aliphatic rings. The van der Waals surface area contributed by atoms with E-state index in [1.165, 1.54) is 0 Å². The van der Waals surface area contributed by atoms with Gasteiger partial charge in [-0.25, -0.2) is 0 Å². The highest BCUT2D eigenvalue weighted by atomic mass is 35.5. The second kappa shape index (κ2) is 9.23. The first-order chi connectivity index (χ1) is 13.2. The fourth-order valence-electron chi connectivity index (χ4n) is 3.25. The van der Waals surface area contributed by atoms with Gasteiger partial charge in [-0.15, -0.1) is 12.4 Å². The Hall–Kier alpha value is -2.35. The summed E-state index contributed by atoms with van der Waals surface area (Å²) in [5, 5.41) is 7.90. The van der Waals surface area contributed by atoms with Crippen LogP contribution in [-0.4, -0.2) is 40.6 Å². The van der Waals surface area contributed by atoms with Gasteiger partial charge in [0.2, 0.25) is 17.6 Å². The lowest BCUT2D eigenvalue weighted by molar-refractivity contribution is -0.134. The van der Waals surface area contributed by atoms with Crippen molar-refractivity contribution in [2.24, 2.45) is 0 Å². The zero-order valence-corrected chi connectivity index (χ0v) is 16.6. The molecule has 7 nitrogen and oxygen atoms in total. The number of piperazine rings is 1. The Morgan fingerprint density at radius 3 is 2.93 bits per heavy atom. The smallest absolute Gasteiger partial charge is 0.238 e. The number of nitrogens with zero attached hydrogens (tertiary/aromatic N) is 3. The van der Waals surface area contributed by atoms with Crippen LogP contribution in [0, 0.1) is 0 Å². The Morgan fingerprint density at radius 1 is 1.29 bits per heavy atom. The fraction of sp³-hybridized carbons (Fsp3) is 0.316. The predicted molar refractivity (Wildman–Crippen MR) is 106 cm³/mol. The first-order valence-corrected chi connectivity index (χ1v) is 9.21. The Bertz CT molecular complexity index is 914. The van der Waals surface area contributed by atoms with E-state index in [9.17, 15) is 4.79 Å². The van der Waals surface area contributed by atoms with Crippen LogP contribution in [0.4, 0.5) is 0 Å². The van der Waals surface area contributed by atoms with E-state index in [1.807, 2.05) is 29.2 Å². The van der Waals surface area contributed by atoms with Crippen molar-refractivity contribution in [3.63, 3.8) is 0 Å². The highest BCUT2D eigenvalue weighted by Gasteiger charge is 2.29. The van der Waals surface area contributed by atoms with Gasteiger partial charge in [-0.3, -0.25) is 4.79 Å². The van der Waals surface area contributed by atoms with E-state index in [0.717, 1.165) is 12.1 Å². The van der Waals surface area contributed by atoms with E-state index < -0.39 is 0 Å². The molecule has 1 N–H and O–H groups in total. The molecule has 3 heterocycles. The van der Waals surface area contributed by atoms with Gasteiger partial charge in [0.25, 0.3) is 0 Å². The lowest BCUT2D eigenvalue weighted by atomic mass is 10.0. The average molecular weight is 423 g/mol. The molecule has 3 aromatic rings. The lowest BCUT2D eigenvalue weighted by Crippen LogP contribution is -2.48. The molecule has 4 rings (SSSR count). The van der Waals surface area contributed by atoms with Gasteiger partial charge in [0.05, 0.1) is 12.3 Å². The predicted octanol–water partition coefficient (Wildman–Crippen LogP) is 3.51. The fourth-order valence-corrected chi connectivity index (χ4v) is 3.51. The van der Waals surface area contributed by atoms with Crippen molar-refractivity contribution in [2.75, 3.05) is 19.6 Å². The summed E-state index contributed by atoms with van der Waals surface area (Å²) >= 11 is 6.34. The summed E-state index contributed by atoms with van der Waals surface area (Å²) in [6.07, 6.45) is 2.22. The number of hydrogen-bond donors (Lipinski definition) is 1. The van der Waals surface area contributed by atoms with Gasteiger partial charge in [0.1, 0.15) is 0 Å². The molecule has 1 atom stereocenters. The van der Waals surface area contributed by atoms with Gasteiger partial charge in [-0.2, -0.15) is 4.98 Å². The number of aromatic nitrogens is 2. The molecule has 0 aliphatic carbocycles. The topological polar surface area (TPSA) is 84.4 Å². The molecule has 1 unspecified atom stereocenters. The summed E-state index contributed by atoms with van der Waals surface area (Å²) in [5.74, 6) is 1.38. The van der Waals surface area contributed by atoms with Crippen molar-refractivity contribution in [1.82, 2.24) is 20.4 Å². The summed E-state index contributed by atoms with van der Waals surface area (Å²) in [4.78, 5) is 19.0. The zero-order chi connectivity index (χ0) is 18.6. The van der Waals surface area contributed by atoms with Crippen LogP contribution >= 0.6 is 24.0 Å². The molecule has 1 fully saturated rings. The van der Waals surface area contributed by atoms with Gasteiger partial charge in [0, 0.05) is 37.5 Å². The Balaban J connectivity index is 0.00000225. The number of furan rings is 1. The van der Waals surface area contributed by atoms with Crippen molar-refractivity contribution in [3.05, 3.63) is 59.1 Å². The number of rotatable bonds is 5. The molecule has 148 valence electrons. The molecule has 0 spiro atoms. The summed E-state index contributed by atoms with van der Waals surface area (Å²) in [7, 11) is 0. The van der Waals surface area contributed by atoms with Crippen LogP contribution in [0.3, 0.4) is 0 Å². The van der Waals surface area contributed by atoms with Crippen LogP contribution in [0.5, 0.6) is 0 Å². The van der Waals surface area contributed by atoms with E-state index in [4.69, 9.17) is 20.5 Å². The number of benzene rings is 1. The molecule has 1 saturated heterocycles. The maximum atomic E-state index is 12.8. The lowest BCUT2D eigenvalue weighted by Gasteiger charge is -2.37. The average Bonchev–Trinajstić information content (AvgIpc) is 3.38. The first kappa shape index (κ1) is 20.4. The number of amides is 1. The maximum absolute atomic E-state index is 12.8. The Labute approximate surface area is 173 Å². The van der Waals surface area contributed by atoms with Crippen molar-refractivity contribution >= 4 is 29.9 Å². The minimum atomic E-state index is -0.0821. The number of halogens is 2. The highest BCUT2D eigenvalue weighted by molar-refractivity contribution is 6.31. The van der Waals surface area contributed by atoms with Crippen molar-refractivity contribution in [3.8, 4) is 11.6 Å². The van der Waals surface area contributed by atoms with E-state index in [2.05, 4.69) is 15.5 Å². The van der Waals surface area contributed by atoms with Gasteiger partial charge >= 0.3 is 0 Å². The normalized spacial score (nSPS) is 16.6. The number of carbonyl (C=O) groups is 1. The van der Waals surface area contributed by atoms with E-state index in [0.29, 0.717) is 48.4 Å². The van der Waals surface area contributed by atoms with Gasteiger partial charge < -0.3 is 19.2 Å². The van der Waals surface area contributed by atoms with Crippen molar-refractivity contribution < 1.29 is 13.7 Å². The van der Waals surface area contributed by atoms with Crippen LogP contribution in [0.1, 0.15) is 23.9 Å². The summed E-state index contributed by atoms with van der Waals surface area (Å²) < 4.78 is 10.5. The number of hydrogen-bond acceptors (Lipinski definition) is 6. The SMILES string of the molecule is Cl.O=C(CCc1nc(-c2ccco2)no1)N1CCNCC1c1ccccc1Cl. The molecule has 1 aromatic carbocycles. The third kappa shape index (κ3) is 4.38. The third-order valence-corrected chi connectivity index (χ3v) is 4.93. The maximum Gasteiger partial charge on any atom is 0.238 e. The molecule has 0 bridgehead atoms. The minimum absolute atomic E-state index is 0. The summed E-state index contributed by atoms with van der Waals surface area (Å²) in [6.45, 7) is 2.07. The molecule has 2 aromatic heterocycles. The minimum Gasteiger partial charge on any atom is -0.461 e. The van der Waals surface area contributed by atoms with Gasteiger partial charge in [0.15, 0.2) is 5.76 Å². The van der Waals surface area contributed by atoms with Crippen LogP contribution in [0.2, 0.25) is 5.02 Å². The number of nitrogens with one attached hydrogen (secondary N) is 1. The van der Waals surface area contributed by atoms with E-state index in [1.54, 1.807) is 18.4 Å². The van der Waals surface area contributed by atoms with E-state index in [-0.39, 0.29) is 24.4 Å². The summed E-state index contributed by atoms with van der Waals surface area (Å²) in [5.41, 5.74) is 0.956. The van der Waals surface area contributed by atoms with Crippen molar-refractivity contribution in [1.29, 1.82) is 0 Å². The first-order valence-electron chi connectivity index (χ1n) is 8.83. The standard InChI is InChI=1S/C19H19ClN4O3.ClH/c20-14-5-2-1-4-13(14)15-12-21-9-10-24(15)18(25)8-7-17-22-19(23-27-17)16-6-3-11-26-16;/h1-6,11,15,21H,7-10,12H2;1H. The quantitative estimate of drug-likeness (QED) is 0.676. The molecule has 1 aliphatic heterocycles. The van der Waals surface area contributed by atoms with Crippen LogP contribution in [0.25, 0.3) is 11.6 Å². The number of aryl methyl sites for hydroxylation is 1. The van der Waals surface area contributed by atoms with Crippen LogP contribution in [0.15, 0.2) is 51.6 Å². The molecule has 0 radical (unpaired) electrons. The Morgan fingerprint density at radius 2 is 2.14 bits per heavy atom. The van der Waals surface area contributed by atoms with E-state index >= 15 is 0 Å². The molecule has 0 saturated carbocycles. The van der Waals surface area contributed by atoms with Gasteiger partial charge in [-0.05, 0) is 23.8 Å². The Kier molecular flexibility index (Phi) is 6.72. The largest absolute Gasteiger partial charge is 0.461 e. The molecular weight excluding hydrogens is 403 g/mol. The third-order valence-electron chi connectivity index (χ3n) is 4.59. The second-order valence-corrected chi connectivity index (χ2v) is 6.72. The van der Waals surface area contributed by atoms with Crippen LogP contribution < -0.4 is 5.32 Å². The van der Waals surface area contributed by atoms with Crippen LogP contribution in [-0.2, 0) is 11.2 Å². The van der Waals surface area contributed by atoms with Crippen molar-refractivity contribution in [2.45, 2.75) is 18.9 Å². The highest BCUT2D eigenvalue weighted by Crippen LogP contribution is 2.29. The molecule has 1 amide bonds. The molecule has 28 heavy (non-hydrogen) atoms. The second-order valence-electron chi connectivity index (χ2n) is 6.32. The van der Waals surface area contributed by atoms with Gasteiger partial charge in [-0.1, -0.05) is 35.0 Å².